The molecule has 3 amide bonds. The second-order valence-electron chi connectivity index (χ2n) is 11.1. The molecule has 3 N–H and O–H groups in total. The number of hydrogen-bond donors (Lipinski definition) is 3. The minimum atomic E-state index is -1.16. The Labute approximate surface area is 246 Å². The van der Waals surface area contributed by atoms with Crippen LogP contribution in [-0.2, 0) is 20.7 Å². The SMILES string of the molecule is Cc1cccc(Cl)c1NC(=O)C(c1cccc(O)c1)N(C(=O)C(Cc1ccccc1)NC(=O)OC(C)(C)C)C(C)C. The third kappa shape index (κ3) is 8.72. The number of benzene rings is 3. The van der Waals surface area contributed by atoms with Gasteiger partial charge in [0, 0.05) is 12.5 Å². The molecular formula is C32H38ClN3O5. The van der Waals surface area contributed by atoms with E-state index in [1.807, 2.05) is 43.3 Å². The Morgan fingerprint density at radius 2 is 1.63 bits per heavy atom. The largest absolute Gasteiger partial charge is 0.508 e. The Bertz CT molecular complexity index is 1350. The van der Waals surface area contributed by atoms with Gasteiger partial charge in [-0.2, -0.15) is 0 Å². The third-order valence-corrected chi connectivity index (χ3v) is 6.58. The normalized spacial score (nSPS) is 12.8. The van der Waals surface area contributed by atoms with Gasteiger partial charge in [-0.25, -0.2) is 4.79 Å². The molecule has 3 rings (SSSR count). The maximum Gasteiger partial charge on any atom is 0.408 e. The van der Waals surface area contributed by atoms with Crippen molar-refractivity contribution in [3.8, 4) is 5.75 Å². The Morgan fingerprint density at radius 1 is 0.976 bits per heavy atom. The van der Waals surface area contributed by atoms with E-state index in [0.29, 0.717) is 16.3 Å². The van der Waals surface area contributed by atoms with Crippen molar-refractivity contribution >= 4 is 35.2 Å². The van der Waals surface area contributed by atoms with Gasteiger partial charge in [0.05, 0.1) is 10.7 Å². The lowest BCUT2D eigenvalue weighted by Gasteiger charge is -2.37. The van der Waals surface area contributed by atoms with E-state index >= 15 is 0 Å². The fraction of sp³-hybridized carbons (Fsp3) is 0.344. The van der Waals surface area contributed by atoms with E-state index in [-0.39, 0.29) is 12.2 Å². The number of phenols is 1. The van der Waals surface area contributed by atoms with Crippen molar-refractivity contribution in [3.63, 3.8) is 0 Å². The molecule has 2 unspecified atom stereocenters. The molecule has 3 aromatic carbocycles. The Hall–Kier alpha value is -4.04. The topological polar surface area (TPSA) is 108 Å². The number of aromatic hydroxyl groups is 1. The van der Waals surface area contributed by atoms with Crippen LogP contribution >= 0.6 is 11.6 Å². The zero-order valence-corrected chi connectivity index (χ0v) is 25.0. The second-order valence-corrected chi connectivity index (χ2v) is 11.6. The molecule has 8 nitrogen and oxygen atoms in total. The van der Waals surface area contributed by atoms with Gasteiger partial charge >= 0.3 is 6.09 Å². The first-order valence-electron chi connectivity index (χ1n) is 13.5. The number of ether oxygens (including phenoxy) is 1. The summed E-state index contributed by atoms with van der Waals surface area (Å²) >= 11 is 6.41. The number of alkyl carbamates (subject to hydrolysis) is 1. The predicted octanol–water partition coefficient (Wildman–Crippen LogP) is 6.41. The van der Waals surface area contributed by atoms with Gasteiger partial charge in [0.1, 0.15) is 23.4 Å². The van der Waals surface area contributed by atoms with Crippen LogP contribution in [0.3, 0.4) is 0 Å². The van der Waals surface area contributed by atoms with Crippen LogP contribution in [-0.4, -0.2) is 45.6 Å². The minimum Gasteiger partial charge on any atom is -0.508 e. The Balaban J connectivity index is 2.08. The van der Waals surface area contributed by atoms with E-state index in [0.717, 1.165) is 11.1 Å². The van der Waals surface area contributed by atoms with Gasteiger partial charge in [-0.05, 0) is 76.4 Å². The van der Waals surface area contributed by atoms with Crippen molar-refractivity contribution in [3.05, 3.63) is 94.5 Å². The average molecular weight is 580 g/mol. The molecule has 0 fully saturated rings. The van der Waals surface area contributed by atoms with Gasteiger partial charge in [-0.1, -0.05) is 66.2 Å². The summed E-state index contributed by atoms with van der Waals surface area (Å²) in [5, 5.41) is 16.2. The van der Waals surface area contributed by atoms with Gasteiger partial charge in [-0.3, -0.25) is 9.59 Å². The van der Waals surface area contributed by atoms with E-state index in [2.05, 4.69) is 10.6 Å². The fourth-order valence-electron chi connectivity index (χ4n) is 4.47. The summed E-state index contributed by atoms with van der Waals surface area (Å²) in [6, 6.07) is 18.0. The number of nitrogens with zero attached hydrogens (tertiary/aromatic N) is 1. The molecule has 0 heterocycles. The minimum absolute atomic E-state index is 0.0573. The third-order valence-electron chi connectivity index (χ3n) is 6.27. The molecule has 0 aliphatic rings. The highest BCUT2D eigenvalue weighted by atomic mass is 35.5. The fourth-order valence-corrected chi connectivity index (χ4v) is 4.74. The van der Waals surface area contributed by atoms with Crippen LogP contribution in [0.1, 0.15) is 57.4 Å². The molecule has 0 aliphatic heterocycles. The smallest absolute Gasteiger partial charge is 0.408 e. The number of rotatable bonds is 9. The molecule has 41 heavy (non-hydrogen) atoms. The number of para-hydroxylation sites is 1. The lowest BCUT2D eigenvalue weighted by atomic mass is 9.98. The molecule has 0 saturated carbocycles. The molecule has 0 aliphatic carbocycles. The van der Waals surface area contributed by atoms with E-state index in [1.54, 1.807) is 58.9 Å². The number of phenolic OH excluding ortho intramolecular Hbond substituents is 1. The highest BCUT2D eigenvalue weighted by molar-refractivity contribution is 6.34. The van der Waals surface area contributed by atoms with Crippen LogP contribution in [0.4, 0.5) is 10.5 Å². The maximum absolute atomic E-state index is 14.4. The molecule has 218 valence electrons. The van der Waals surface area contributed by atoms with Crippen LogP contribution < -0.4 is 10.6 Å². The first-order chi connectivity index (χ1) is 19.3. The average Bonchev–Trinajstić information content (AvgIpc) is 2.88. The number of aryl methyl sites for hydroxylation is 1. The maximum atomic E-state index is 14.4. The van der Waals surface area contributed by atoms with Crippen LogP contribution in [0.15, 0.2) is 72.8 Å². The Morgan fingerprint density at radius 3 is 2.22 bits per heavy atom. The van der Waals surface area contributed by atoms with Crippen LogP contribution in [0.5, 0.6) is 5.75 Å². The van der Waals surface area contributed by atoms with Crippen molar-refractivity contribution in [2.45, 2.75) is 71.7 Å². The number of carbonyl (C=O) groups excluding carboxylic acids is 3. The number of hydrogen-bond acceptors (Lipinski definition) is 5. The molecule has 3 aromatic rings. The summed E-state index contributed by atoms with van der Waals surface area (Å²) in [5.74, 6) is -1.07. The number of carbonyl (C=O) groups is 3. The van der Waals surface area contributed by atoms with Gasteiger partial charge in [0.15, 0.2) is 0 Å². The molecule has 0 aromatic heterocycles. The van der Waals surface area contributed by atoms with Crippen molar-refractivity contribution in [1.82, 2.24) is 10.2 Å². The molecule has 9 heteroatoms. The van der Waals surface area contributed by atoms with Gasteiger partial charge in [-0.15, -0.1) is 0 Å². The summed E-state index contributed by atoms with van der Waals surface area (Å²) < 4.78 is 5.46. The molecule has 0 bridgehead atoms. The molecule has 2 atom stereocenters. The quantitative estimate of drug-likeness (QED) is 0.272. The monoisotopic (exact) mass is 579 g/mol. The second kappa shape index (κ2) is 13.5. The van der Waals surface area contributed by atoms with Crippen molar-refractivity contribution in [2.75, 3.05) is 5.32 Å². The van der Waals surface area contributed by atoms with E-state index in [9.17, 15) is 19.5 Å². The first-order valence-corrected chi connectivity index (χ1v) is 13.8. The number of amides is 3. The highest BCUT2D eigenvalue weighted by Gasteiger charge is 2.38. The lowest BCUT2D eigenvalue weighted by molar-refractivity contribution is -0.142. The van der Waals surface area contributed by atoms with Crippen molar-refractivity contribution < 1.29 is 24.2 Å². The first kappa shape index (κ1) is 31.5. The van der Waals surface area contributed by atoms with Crippen LogP contribution in [0.25, 0.3) is 0 Å². The lowest BCUT2D eigenvalue weighted by Crippen LogP contribution is -2.55. The number of nitrogens with one attached hydrogen (secondary N) is 2. The van der Waals surface area contributed by atoms with Crippen molar-refractivity contribution in [1.29, 1.82) is 0 Å². The highest BCUT2D eigenvalue weighted by Crippen LogP contribution is 2.31. The number of halogens is 1. The van der Waals surface area contributed by atoms with Gasteiger partial charge in [0.2, 0.25) is 5.91 Å². The summed E-state index contributed by atoms with van der Waals surface area (Å²) in [7, 11) is 0. The van der Waals surface area contributed by atoms with E-state index in [1.165, 1.54) is 17.0 Å². The van der Waals surface area contributed by atoms with Gasteiger partial charge in [0.25, 0.3) is 5.91 Å². The number of anilines is 1. The summed E-state index contributed by atoms with van der Waals surface area (Å²) in [6.07, 6.45) is -0.583. The Kier molecular flexibility index (Phi) is 10.4. The van der Waals surface area contributed by atoms with E-state index < -0.39 is 41.6 Å². The zero-order valence-electron chi connectivity index (χ0n) is 24.3. The summed E-state index contributed by atoms with van der Waals surface area (Å²) in [6.45, 7) is 10.6. The molecular weight excluding hydrogens is 542 g/mol. The van der Waals surface area contributed by atoms with Crippen LogP contribution in [0, 0.1) is 6.92 Å². The summed E-state index contributed by atoms with van der Waals surface area (Å²) in [4.78, 5) is 42.7. The van der Waals surface area contributed by atoms with Crippen molar-refractivity contribution in [2.24, 2.45) is 0 Å². The predicted molar refractivity (Wildman–Crippen MR) is 161 cm³/mol. The van der Waals surface area contributed by atoms with Gasteiger partial charge < -0.3 is 25.4 Å². The molecule has 0 radical (unpaired) electrons. The standard InChI is InChI=1S/C32H38ClN3O5/c1-20(2)36(30(39)26(18-22-13-8-7-9-14-22)34-31(40)41-32(4,5)6)28(23-15-11-16-24(37)19-23)29(38)35-27-21(3)12-10-17-25(27)33/h7-17,19-20,26,28,37H,18H2,1-6H3,(H,34,40)(H,35,38). The zero-order chi connectivity index (χ0) is 30.3. The molecule has 0 spiro atoms. The van der Waals surface area contributed by atoms with E-state index in [4.69, 9.17) is 16.3 Å². The summed E-state index contributed by atoms with van der Waals surface area (Å²) in [5.41, 5.74) is 1.60. The van der Waals surface area contributed by atoms with Crippen LogP contribution in [0.2, 0.25) is 5.02 Å². The molecule has 0 saturated heterocycles.